The SMILES string of the molecule is CNC(=O)NC1(c2nnnn2-c2ccccc2C)CCCCC1. The van der Waals surface area contributed by atoms with Crippen LogP contribution in [0, 0.1) is 6.92 Å². The Morgan fingerprint density at radius 2 is 1.96 bits per heavy atom. The van der Waals surface area contributed by atoms with Gasteiger partial charge >= 0.3 is 6.03 Å². The molecule has 0 aliphatic heterocycles. The third-order valence-corrected chi connectivity index (χ3v) is 4.53. The van der Waals surface area contributed by atoms with Crippen molar-refractivity contribution in [3.8, 4) is 5.69 Å². The number of aryl methyl sites for hydroxylation is 1. The number of carbonyl (C=O) groups excluding carboxylic acids is 1. The monoisotopic (exact) mass is 314 g/mol. The third kappa shape index (κ3) is 2.91. The van der Waals surface area contributed by atoms with Crippen molar-refractivity contribution in [2.24, 2.45) is 0 Å². The van der Waals surface area contributed by atoms with E-state index in [0.717, 1.165) is 36.9 Å². The summed E-state index contributed by atoms with van der Waals surface area (Å²) in [5.41, 5.74) is 1.51. The number of aromatic nitrogens is 4. The van der Waals surface area contributed by atoms with Crippen LogP contribution in [0.4, 0.5) is 4.79 Å². The highest BCUT2D eigenvalue weighted by Gasteiger charge is 2.40. The number of tetrazole rings is 1. The van der Waals surface area contributed by atoms with Crippen molar-refractivity contribution in [1.29, 1.82) is 0 Å². The molecule has 0 atom stereocenters. The molecule has 2 N–H and O–H groups in total. The lowest BCUT2D eigenvalue weighted by Crippen LogP contribution is -2.51. The van der Waals surface area contributed by atoms with Crippen LogP contribution in [0.5, 0.6) is 0 Å². The van der Waals surface area contributed by atoms with E-state index in [4.69, 9.17) is 0 Å². The summed E-state index contributed by atoms with van der Waals surface area (Å²) in [4.78, 5) is 12.0. The molecule has 1 saturated carbocycles. The smallest absolute Gasteiger partial charge is 0.315 e. The van der Waals surface area contributed by atoms with Gasteiger partial charge in [0.1, 0.15) is 5.54 Å². The highest BCUT2D eigenvalue weighted by molar-refractivity contribution is 5.74. The predicted molar refractivity (Wildman–Crippen MR) is 86.2 cm³/mol. The summed E-state index contributed by atoms with van der Waals surface area (Å²) in [6, 6.07) is 7.77. The Balaban J connectivity index is 2.06. The van der Waals surface area contributed by atoms with E-state index < -0.39 is 5.54 Å². The van der Waals surface area contributed by atoms with Gasteiger partial charge in [0.15, 0.2) is 5.82 Å². The lowest BCUT2D eigenvalue weighted by atomic mass is 9.81. The molecule has 1 aromatic heterocycles. The van der Waals surface area contributed by atoms with Crippen LogP contribution in [0.2, 0.25) is 0 Å². The molecule has 0 bridgehead atoms. The molecule has 2 amide bonds. The van der Waals surface area contributed by atoms with E-state index in [2.05, 4.69) is 26.2 Å². The molecule has 23 heavy (non-hydrogen) atoms. The molecule has 0 radical (unpaired) electrons. The standard InChI is InChI=1S/C16H22N6O/c1-12-8-4-5-9-13(12)22-14(19-20-21-22)16(18-15(23)17-2)10-6-3-7-11-16/h4-5,8-9H,3,6-7,10-11H2,1-2H3,(H2,17,18,23). The fourth-order valence-corrected chi connectivity index (χ4v) is 3.29. The molecule has 1 aliphatic carbocycles. The number of amides is 2. The Morgan fingerprint density at radius 1 is 1.22 bits per heavy atom. The second-order valence-corrected chi connectivity index (χ2v) is 6.05. The number of hydrogen-bond acceptors (Lipinski definition) is 4. The molecule has 7 nitrogen and oxygen atoms in total. The average molecular weight is 314 g/mol. The van der Waals surface area contributed by atoms with Crippen molar-refractivity contribution in [2.75, 3.05) is 7.05 Å². The Labute approximate surface area is 135 Å². The number of nitrogens with one attached hydrogen (secondary N) is 2. The first-order chi connectivity index (χ1) is 11.2. The summed E-state index contributed by atoms with van der Waals surface area (Å²) in [5, 5.41) is 18.1. The summed E-state index contributed by atoms with van der Waals surface area (Å²) >= 11 is 0. The van der Waals surface area contributed by atoms with E-state index in [-0.39, 0.29) is 6.03 Å². The summed E-state index contributed by atoms with van der Waals surface area (Å²) < 4.78 is 1.76. The zero-order valence-corrected chi connectivity index (χ0v) is 13.5. The predicted octanol–water partition coefficient (Wildman–Crippen LogP) is 2.06. The summed E-state index contributed by atoms with van der Waals surface area (Å²) in [6.45, 7) is 2.03. The van der Waals surface area contributed by atoms with Gasteiger partial charge < -0.3 is 10.6 Å². The van der Waals surface area contributed by atoms with Gasteiger partial charge in [0.25, 0.3) is 0 Å². The minimum atomic E-state index is -0.524. The lowest BCUT2D eigenvalue weighted by Gasteiger charge is -2.36. The van der Waals surface area contributed by atoms with E-state index in [1.165, 1.54) is 6.42 Å². The molecule has 2 aromatic rings. The minimum Gasteiger partial charge on any atom is -0.341 e. The summed E-state index contributed by atoms with van der Waals surface area (Å²) in [5.74, 6) is 0.704. The fourth-order valence-electron chi connectivity index (χ4n) is 3.29. The molecule has 1 aliphatic rings. The number of urea groups is 1. The summed E-state index contributed by atoms with van der Waals surface area (Å²) in [7, 11) is 1.62. The van der Waals surface area contributed by atoms with Gasteiger partial charge in [-0.1, -0.05) is 37.5 Å². The molecular weight excluding hydrogens is 292 g/mol. The minimum absolute atomic E-state index is 0.203. The highest BCUT2D eigenvalue weighted by atomic mass is 16.2. The lowest BCUT2D eigenvalue weighted by molar-refractivity contribution is 0.196. The maximum atomic E-state index is 12.0. The second-order valence-electron chi connectivity index (χ2n) is 6.05. The molecule has 3 rings (SSSR count). The number of rotatable bonds is 3. The van der Waals surface area contributed by atoms with Gasteiger partial charge in [-0.15, -0.1) is 5.10 Å². The molecule has 1 aromatic carbocycles. The molecule has 0 unspecified atom stereocenters. The van der Waals surface area contributed by atoms with E-state index >= 15 is 0 Å². The van der Waals surface area contributed by atoms with E-state index in [1.807, 2.05) is 31.2 Å². The molecule has 0 saturated heterocycles. The number of para-hydroxylation sites is 1. The van der Waals surface area contributed by atoms with Crippen LogP contribution in [-0.2, 0) is 5.54 Å². The number of benzene rings is 1. The van der Waals surface area contributed by atoms with Gasteiger partial charge in [0.2, 0.25) is 0 Å². The first-order valence-corrected chi connectivity index (χ1v) is 8.01. The number of nitrogens with zero attached hydrogens (tertiary/aromatic N) is 4. The van der Waals surface area contributed by atoms with Gasteiger partial charge in [-0.25, -0.2) is 4.79 Å². The molecule has 0 spiro atoms. The normalized spacial score (nSPS) is 16.8. The molecule has 1 heterocycles. The largest absolute Gasteiger partial charge is 0.341 e. The van der Waals surface area contributed by atoms with Crippen LogP contribution in [-0.4, -0.2) is 33.3 Å². The highest BCUT2D eigenvalue weighted by Crippen LogP contribution is 2.36. The van der Waals surface area contributed by atoms with Crippen LogP contribution >= 0.6 is 0 Å². The van der Waals surface area contributed by atoms with Crippen LogP contribution in [0.15, 0.2) is 24.3 Å². The quantitative estimate of drug-likeness (QED) is 0.908. The number of carbonyl (C=O) groups is 1. The van der Waals surface area contributed by atoms with Gasteiger partial charge in [0, 0.05) is 7.05 Å². The number of hydrogen-bond donors (Lipinski definition) is 2. The Bertz CT molecular complexity index is 689. The Hall–Kier alpha value is -2.44. The van der Waals surface area contributed by atoms with E-state index in [1.54, 1.807) is 11.7 Å². The van der Waals surface area contributed by atoms with Crippen LogP contribution in [0.3, 0.4) is 0 Å². The maximum absolute atomic E-state index is 12.0. The van der Waals surface area contributed by atoms with Crippen molar-refractivity contribution in [3.63, 3.8) is 0 Å². The Kier molecular flexibility index (Phi) is 4.27. The van der Waals surface area contributed by atoms with Gasteiger partial charge in [-0.3, -0.25) is 0 Å². The van der Waals surface area contributed by atoms with Gasteiger partial charge in [-0.05, 0) is 41.8 Å². The first kappa shape index (κ1) is 15.5. The van der Waals surface area contributed by atoms with Crippen LogP contribution in [0.25, 0.3) is 5.69 Å². The van der Waals surface area contributed by atoms with Crippen molar-refractivity contribution < 1.29 is 4.79 Å². The van der Waals surface area contributed by atoms with Crippen molar-refractivity contribution in [3.05, 3.63) is 35.7 Å². The zero-order chi connectivity index (χ0) is 16.3. The summed E-state index contributed by atoms with van der Waals surface area (Å²) in [6.07, 6.45) is 4.94. The molecule has 1 fully saturated rings. The van der Waals surface area contributed by atoms with Crippen LogP contribution < -0.4 is 10.6 Å². The molecule has 7 heteroatoms. The van der Waals surface area contributed by atoms with Crippen molar-refractivity contribution in [2.45, 2.75) is 44.6 Å². The van der Waals surface area contributed by atoms with E-state index in [9.17, 15) is 4.79 Å². The van der Waals surface area contributed by atoms with Crippen LogP contribution in [0.1, 0.15) is 43.5 Å². The fraction of sp³-hybridized carbons (Fsp3) is 0.500. The molecular formula is C16H22N6O. The molecule has 122 valence electrons. The van der Waals surface area contributed by atoms with Gasteiger partial charge in [0.05, 0.1) is 5.69 Å². The van der Waals surface area contributed by atoms with Crippen molar-refractivity contribution >= 4 is 6.03 Å². The van der Waals surface area contributed by atoms with E-state index in [0.29, 0.717) is 5.82 Å². The topological polar surface area (TPSA) is 84.7 Å². The Morgan fingerprint density at radius 3 is 2.65 bits per heavy atom. The maximum Gasteiger partial charge on any atom is 0.315 e. The second kappa shape index (κ2) is 6.36. The third-order valence-electron chi connectivity index (χ3n) is 4.53. The first-order valence-electron chi connectivity index (χ1n) is 8.01. The average Bonchev–Trinajstić information content (AvgIpc) is 3.06. The zero-order valence-electron chi connectivity index (χ0n) is 13.5. The van der Waals surface area contributed by atoms with Gasteiger partial charge in [-0.2, -0.15) is 4.68 Å². The van der Waals surface area contributed by atoms with Crippen molar-refractivity contribution in [1.82, 2.24) is 30.8 Å².